The van der Waals surface area contributed by atoms with Crippen molar-refractivity contribution in [2.75, 3.05) is 50.6 Å². The number of thiocarbonyl (C=S) groups is 1. The zero-order valence-electron chi connectivity index (χ0n) is 20.5. The number of hydrogen-bond acceptors (Lipinski definition) is 6. The Kier molecular flexibility index (Phi) is 8.19. The van der Waals surface area contributed by atoms with Crippen LogP contribution in [-0.4, -0.2) is 62.2 Å². The maximum Gasteiger partial charge on any atom is 0.257 e. The quantitative estimate of drug-likeness (QED) is 0.475. The molecule has 1 saturated heterocycles. The summed E-state index contributed by atoms with van der Waals surface area (Å²) >= 11 is 5.22. The van der Waals surface area contributed by atoms with Crippen LogP contribution in [0.25, 0.3) is 0 Å². The normalized spacial score (nSPS) is 13.1. The first kappa shape index (κ1) is 25.9. The van der Waals surface area contributed by atoms with E-state index in [-0.39, 0.29) is 11.0 Å². The number of carbonyl (C=O) groups is 2. The highest BCUT2D eigenvalue weighted by Gasteiger charge is 2.23. The third kappa shape index (κ3) is 6.53. The zero-order chi connectivity index (χ0) is 26.4. The second-order valence-electron chi connectivity index (χ2n) is 8.34. The molecule has 0 atom stereocenters. The van der Waals surface area contributed by atoms with Crippen LogP contribution in [0.2, 0.25) is 0 Å². The van der Waals surface area contributed by atoms with Crippen molar-refractivity contribution in [3.63, 3.8) is 0 Å². The Balaban J connectivity index is 1.30. The topological polar surface area (TPSA) is 83.1 Å². The number of benzene rings is 3. The number of amides is 2. The van der Waals surface area contributed by atoms with Crippen molar-refractivity contribution < 1.29 is 23.5 Å². The van der Waals surface area contributed by atoms with Gasteiger partial charge >= 0.3 is 0 Å². The average Bonchev–Trinajstić information content (AvgIpc) is 2.93. The van der Waals surface area contributed by atoms with E-state index in [1.807, 2.05) is 29.2 Å². The molecule has 1 heterocycles. The molecule has 1 aliphatic heterocycles. The number of halogens is 1. The molecule has 0 bridgehead atoms. The number of rotatable bonds is 6. The van der Waals surface area contributed by atoms with E-state index in [1.165, 1.54) is 24.3 Å². The molecule has 10 heteroatoms. The van der Waals surface area contributed by atoms with Crippen molar-refractivity contribution in [1.82, 2.24) is 10.2 Å². The fourth-order valence-corrected chi connectivity index (χ4v) is 4.19. The van der Waals surface area contributed by atoms with Gasteiger partial charge in [-0.1, -0.05) is 0 Å². The highest BCUT2D eigenvalue weighted by atomic mass is 32.1. The molecule has 0 saturated carbocycles. The number of ether oxygens (including phenoxy) is 2. The zero-order valence-corrected chi connectivity index (χ0v) is 21.3. The van der Waals surface area contributed by atoms with E-state index in [0.29, 0.717) is 54.5 Å². The van der Waals surface area contributed by atoms with Gasteiger partial charge in [0.1, 0.15) is 17.3 Å². The van der Waals surface area contributed by atoms with E-state index >= 15 is 0 Å². The van der Waals surface area contributed by atoms with E-state index in [2.05, 4.69) is 15.5 Å². The van der Waals surface area contributed by atoms with Gasteiger partial charge in [0.25, 0.3) is 11.8 Å². The van der Waals surface area contributed by atoms with Gasteiger partial charge in [-0.05, 0) is 72.9 Å². The van der Waals surface area contributed by atoms with Crippen molar-refractivity contribution in [2.45, 2.75) is 0 Å². The van der Waals surface area contributed by atoms with E-state index in [9.17, 15) is 14.0 Å². The Morgan fingerprint density at radius 2 is 1.43 bits per heavy atom. The van der Waals surface area contributed by atoms with Gasteiger partial charge in [-0.2, -0.15) is 0 Å². The van der Waals surface area contributed by atoms with Crippen molar-refractivity contribution in [3.8, 4) is 11.5 Å². The number of piperazine rings is 1. The lowest BCUT2D eigenvalue weighted by molar-refractivity contribution is 0.0745. The van der Waals surface area contributed by atoms with Gasteiger partial charge in [0, 0.05) is 54.7 Å². The van der Waals surface area contributed by atoms with Crippen molar-refractivity contribution >= 4 is 40.5 Å². The standard InChI is InChI=1S/C27H27FN4O4S/c1-35-23-15-19(16-24(17-23)36-2)26(34)32-13-11-31(12-14-32)22-9-7-21(8-10-22)29-27(37)30-25(33)18-3-5-20(28)6-4-18/h3-10,15-17H,11-14H2,1-2H3,(H2,29,30,33,37). The van der Waals surface area contributed by atoms with Gasteiger partial charge in [0.2, 0.25) is 0 Å². The molecule has 37 heavy (non-hydrogen) atoms. The Morgan fingerprint density at radius 1 is 0.838 bits per heavy atom. The maximum absolute atomic E-state index is 13.0. The van der Waals surface area contributed by atoms with E-state index in [4.69, 9.17) is 21.7 Å². The van der Waals surface area contributed by atoms with Crippen LogP contribution >= 0.6 is 12.2 Å². The highest BCUT2D eigenvalue weighted by Crippen LogP contribution is 2.25. The Bertz CT molecular complexity index is 1250. The summed E-state index contributed by atoms with van der Waals surface area (Å²) in [5.74, 6) is 0.249. The van der Waals surface area contributed by atoms with Gasteiger partial charge in [0.05, 0.1) is 14.2 Å². The van der Waals surface area contributed by atoms with E-state index in [1.54, 1.807) is 32.4 Å². The van der Waals surface area contributed by atoms with Crippen LogP contribution in [0, 0.1) is 5.82 Å². The molecule has 1 aliphatic rings. The minimum atomic E-state index is -0.422. The highest BCUT2D eigenvalue weighted by molar-refractivity contribution is 7.80. The minimum Gasteiger partial charge on any atom is -0.497 e. The molecular weight excluding hydrogens is 495 g/mol. The average molecular weight is 523 g/mol. The van der Waals surface area contributed by atoms with Crippen molar-refractivity contribution in [1.29, 1.82) is 0 Å². The third-order valence-electron chi connectivity index (χ3n) is 5.99. The predicted octanol–water partition coefficient (Wildman–Crippen LogP) is 3.93. The van der Waals surface area contributed by atoms with Crippen LogP contribution in [0.3, 0.4) is 0 Å². The molecule has 192 valence electrons. The molecule has 2 amide bonds. The number of nitrogens with zero attached hydrogens (tertiary/aromatic N) is 2. The molecule has 3 aromatic rings. The van der Waals surface area contributed by atoms with Crippen LogP contribution in [0.4, 0.5) is 15.8 Å². The van der Waals surface area contributed by atoms with Crippen molar-refractivity contribution in [2.24, 2.45) is 0 Å². The summed E-state index contributed by atoms with van der Waals surface area (Å²) in [6, 6.07) is 18.0. The number of hydrogen-bond donors (Lipinski definition) is 2. The fourth-order valence-electron chi connectivity index (χ4n) is 3.98. The molecule has 2 N–H and O–H groups in total. The molecular formula is C27H27FN4O4S. The summed E-state index contributed by atoms with van der Waals surface area (Å²) in [5, 5.41) is 5.70. The van der Waals surface area contributed by atoms with Crippen LogP contribution in [-0.2, 0) is 0 Å². The smallest absolute Gasteiger partial charge is 0.257 e. The number of methoxy groups -OCH3 is 2. The molecule has 8 nitrogen and oxygen atoms in total. The molecule has 0 radical (unpaired) electrons. The van der Waals surface area contributed by atoms with Crippen molar-refractivity contribution in [3.05, 3.63) is 83.7 Å². The van der Waals surface area contributed by atoms with E-state index in [0.717, 1.165) is 5.69 Å². The second kappa shape index (κ2) is 11.7. The Labute approximate surface area is 220 Å². The van der Waals surface area contributed by atoms with Gasteiger partial charge in [-0.15, -0.1) is 0 Å². The van der Waals surface area contributed by atoms with Gasteiger partial charge in [-0.25, -0.2) is 4.39 Å². The Morgan fingerprint density at radius 3 is 2.00 bits per heavy atom. The lowest BCUT2D eigenvalue weighted by atomic mass is 10.1. The maximum atomic E-state index is 13.0. The van der Waals surface area contributed by atoms with Crippen LogP contribution < -0.4 is 25.0 Å². The predicted molar refractivity (Wildman–Crippen MR) is 144 cm³/mol. The number of anilines is 2. The first-order valence-corrected chi connectivity index (χ1v) is 12.0. The molecule has 0 aliphatic carbocycles. The fraction of sp³-hybridized carbons (Fsp3) is 0.222. The second-order valence-corrected chi connectivity index (χ2v) is 8.75. The third-order valence-corrected chi connectivity index (χ3v) is 6.19. The molecule has 1 fully saturated rings. The first-order chi connectivity index (χ1) is 17.9. The molecule has 0 aromatic heterocycles. The summed E-state index contributed by atoms with van der Waals surface area (Å²) in [5.41, 5.74) is 2.57. The lowest BCUT2D eigenvalue weighted by Gasteiger charge is -2.36. The van der Waals surface area contributed by atoms with Gasteiger partial charge in [-0.3, -0.25) is 14.9 Å². The first-order valence-electron chi connectivity index (χ1n) is 11.6. The SMILES string of the molecule is COc1cc(OC)cc(C(=O)N2CCN(c3ccc(NC(=S)NC(=O)c4ccc(F)cc4)cc3)CC2)c1. The summed E-state index contributed by atoms with van der Waals surface area (Å²) < 4.78 is 23.6. The molecule has 4 rings (SSSR count). The Hall–Kier alpha value is -4.18. The van der Waals surface area contributed by atoms with Gasteiger partial charge < -0.3 is 24.6 Å². The summed E-state index contributed by atoms with van der Waals surface area (Å²) in [6.45, 7) is 2.53. The van der Waals surface area contributed by atoms with Crippen LogP contribution in [0.1, 0.15) is 20.7 Å². The van der Waals surface area contributed by atoms with Crippen LogP contribution in [0.15, 0.2) is 66.7 Å². The van der Waals surface area contributed by atoms with Gasteiger partial charge in [0.15, 0.2) is 5.11 Å². The summed E-state index contributed by atoms with van der Waals surface area (Å²) in [4.78, 5) is 29.3. The number of nitrogens with one attached hydrogen (secondary N) is 2. The summed E-state index contributed by atoms with van der Waals surface area (Å²) in [6.07, 6.45) is 0. The monoisotopic (exact) mass is 522 g/mol. The number of carbonyl (C=O) groups excluding carboxylic acids is 2. The van der Waals surface area contributed by atoms with E-state index < -0.39 is 11.7 Å². The lowest BCUT2D eigenvalue weighted by Crippen LogP contribution is -2.48. The molecule has 0 unspecified atom stereocenters. The minimum absolute atomic E-state index is 0.0624. The molecule has 0 spiro atoms. The largest absolute Gasteiger partial charge is 0.497 e. The molecule has 3 aromatic carbocycles. The van der Waals surface area contributed by atoms with Crippen LogP contribution in [0.5, 0.6) is 11.5 Å². The summed E-state index contributed by atoms with van der Waals surface area (Å²) in [7, 11) is 3.11.